The van der Waals surface area contributed by atoms with Crippen LogP contribution >= 0.6 is 0 Å². The average Bonchev–Trinajstić information content (AvgIpc) is 3.36. The van der Waals surface area contributed by atoms with Gasteiger partial charge in [-0.25, -0.2) is 4.79 Å². The largest absolute Gasteiger partial charge is 0.481 e. The lowest BCUT2D eigenvalue weighted by atomic mass is 9.98. The number of aliphatic carboxylic acids is 1. The highest BCUT2D eigenvalue weighted by atomic mass is 16.5. The summed E-state index contributed by atoms with van der Waals surface area (Å²) in [6, 6.07) is -14.1. The molecule has 0 spiro atoms. The Balaban J connectivity index is 3.99. The molecular weight excluding hydrogens is 1030 g/mol. The molecule has 1 rings (SSSR count). The molecular formula is C54H95N9O16. The van der Waals surface area contributed by atoms with E-state index < -0.39 is 170 Å². The van der Waals surface area contributed by atoms with Crippen LogP contribution in [-0.4, -0.2) is 165 Å². The molecule has 25 heteroatoms. The van der Waals surface area contributed by atoms with E-state index in [1.165, 1.54) is 6.92 Å². The standard InChI is InChI=1S/C54H95N9O16/c1-13-15-16-17-18-19-34(66)25-41(67)55-36(22-28(3)4)47(71)56-35(20-21-42(68)69)46(70)63-45-33(12)79-54(78)44(32(11)14-2)62-51(75)40(27-65)60-48(72)37(23-29(5)6)57-50(74)39(26-64)59-49(73)38(24-30(7)8)58-52(76)43(31(9)10)61-53(45)77/h28-40,43-45,64-66H,13-27H2,1-12H3,(H,55,67)(H,56,71)(H,57,74)(H,58,76)(H,59,73)(H,60,72)(H,61,77)(H,62,75)(H,63,70)(H,68,69)/t32-,33+,34+,35+,36-,37-,38-,39+,40+,43+,44-,45+/m0/s1. The number of carbonyl (C=O) groups is 11. The zero-order valence-electron chi connectivity index (χ0n) is 48.5. The molecule has 0 bridgehead atoms. The molecule has 1 aliphatic rings. The van der Waals surface area contributed by atoms with E-state index in [9.17, 15) is 73.2 Å². The Kier molecular flexibility index (Phi) is 32.7. The number of nitrogens with one attached hydrogen (secondary N) is 9. The zero-order valence-corrected chi connectivity index (χ0v) is 48.5. The fourth-order valence-electron chi connectivity index (χ4n) is 8.61. The van der Waals surface area contributed by atoms with Gasteiger partial charge in [-0.3, -0.25) is 47.9 Å². The number of carboxylic acids is 1. The Bertz CT molecular complexity index is 2020. The van der Waals surface area contributed by atoms with Crippen molar-refractivity contribution in [3.63, 3.8) is 0 Å². The first-order valence-electron chi connectivity index (χ1n) is 28.0. The monoisotopic (exact) mass is 1130 g/mol. The van der Waals surface area contributed by atoms with Gasteiger partial charge in [0.1, 0.15) is 60.5 Å². The Hall–Kier alpha value is -5.95. The van der Waals surface area contributed by atoms with Crippen molar-refractivity contribution in [1.82, 2.24) is 47.9 Å². The molecule has 1 heterocycles. The second-order valence-corrected chi connectivity index (χ2v) is 22.4. The first-order chi connectivity index (χ1) is 37.0. The van der Waals surface area contributed by atoms with Gasteiger partial charge in [0, 0.05) is 6.42 Å². The zero-order chi connectivity index (χ0) is 60.3. The molecule has 13 N–H and O–H groups in total. The van der Waals surface area contributed by atoms with Crippen LogP contribution in [0.25, 0.3) is 0 Å². The molecule has 1 fully saturated rings. The predicted molar refractivity (Wildman–Crippen MR) is 291 cm³/mol. The molecule has 79 heavy (non-hydrogen) atoms. The second kappa shape index (κ2) is 36.3. The lowest BCUT2D eigenvalue weighted by Crippen LogP contribution is -2.64. The highest BCUT2D eigenvalue weighted by molar-refractivity contribution is 5.99. The number of ether oxygens (including phenoxy) is 1. The molecule has 0 radical (unpaired) electrons. The molecule has 12 atom stereocenters. The molecule has 0 aliphatic carbocycles. The molecule has 0 aromatic heterocycles. The van der Waals surface area contributed by atoms with E-state index in [4.69, 9.17) is 4.74 Å². The van der Waals surface area contributed by atoms with Gasteiger partial charge in [-0.1, -0.05) is 115 Å². The van der Waals surface area contributed by atoms with Crippen LogP contribution in [0.5, 0.6) is 0 Å². The van der Waals surface area contributed by atoms with Gasteiger partial charge in [0.2, 0.25) is 53.2 Å². The summed E-state index contributed by atoms with van der Waals surface area (Å²) in [6.45, 7) is 18.2. The minimum Gasteiger partial charge on any atom is -0.481 e. The summed E-state index contributed by atoms with van der Waals surface area (Å²) in [6.07, 6.45) is 1.05. The van der Waals surface area contributed by atoms with Gasteiger partial charge in [0.05, 0.1) is 25.7 Å². The van der Waals surface area contributed by atoms with Gasteiger partial charge in [-0.05, 0) is 68.6 Å². The maximum atomic E-state index is 14.7. The van der Waals surface area contributed by atoms with E-state index in [-0.39, 0.29) is 49.9 Å². The third kappa shape index (κ3) is 26.3. The lowest BCUT2D eigenvalue weighted by molar-refractivity contribution is -0.158. The molecule has 9 amide bonds. The normalized spacial score (nSPS) is 24.0. The summed E-state index contributed by atoms with van der Waals surface area (Å²) in [4.78, 5) is 152. The van der Waals surface area contributed by atoms with Crippen LogP contribution in [0, 0.1) is 29.6 Å². The highest BCUT2D eigenvalue weighted by Gasteiger charge is 2.40. The number of hydrogen-bond donors (Lipinski definition) is 13. The van der Waals surface area contributed by atoms with E-state index in [0.717, 1.165) is 25.7 Å². The summed E-state index contributed by atoms with van der Waals surface area (Å²) < 4.78 is 5.82. The van der Waals surface area contributed by atoms with E-state index in [1.807, 2.05) is 0 Å². The van der Waals surface area contributed by atoms with Crippen LogP contribution in [-0.2, 0) is 57.5 Å². The number of amides is 9. The van der Waals surface area contributed by atoms with Gasteiger partial charge < -0.3 is 73.0 Å². The van der Waals surface area contributed by atoms with E-state index in [1.54, 1.807) is 69.2 Å². The van der Waals surface area contributed by atoms with Crippen molar-refractivity contribution in [3.8, 4) is 0 Å². The van der Waals surface area contributed by atoms with Gasteiger partial charge in [0.15, 0.2) is 0 Å². The van der Waals surface area contributed by atoms with Crippen LogP contribution in [0.2, 0.25) is 0 Å². The first-order valence-corrected chi connectivity index (χ1v) is 28.0. The lowest BCUT2D eigenvalue weighted by Gasteiger charge is -2.32. The summed E-state index contributed by atoms with van der Waals surface area (Å²) in [5, 5.41) is 63.5. The molecule has 1 aliphatic heterocycles. The quantitative estimate of drug-likeness (QED) is 0.0383. The summed E-state index contributed by atoms with van der Waals surface area (Å²) in [5.41, 5.74) is 0. The van der Waals surface area contributed by atoms with Crippen LogP contribution in [0.4, 0.5) is 0 Å². The smallest absolute Gasteiger partial charge is 0.329 e. The average molecular weight is 1130 g/mol. The van der Waals surface area contributed by atoms with Crippen LogP contribution in [0.1, 0.15) is 167 Å². The number of carbonyl (C=O) groups excluding carboxylic acids is 10. The number of aliphatic hydroxyl groups is 3. The molecule has 0 aromatic rings. The van der Waals surface area contributed by atoms with Crippen molar-refractivity contribution in [2.24, 2.45) is 29.6 Å². The molecule has 25 nitrogen and oxygen atoms in total. The van der Waals surface area contributed by atoms with Gasteiger partial charge in [0.25, 0.3) is 0 Å². The SMILES string of the molecule is CCCCCCC[C@@H](O)CC(=O)N[C@@H](CC(C)C)C(=O)N[C@H](CCC(=O)O)C(=O)N[C@H]1C(=O)N[C@H](C(C)C)C(=O)N[C@@H](CC(C)C)C(=O)N[C@H](CO)C(=O)N[C@@H](CC(C)C)C(=O)N[C@H](CO)C(=O)N[C@@H]([C@@H](C)CC)C(=O)O[C@@H]1C. The minimum atomic E-state index is -1.95. The van der Waals surface area contributed by atoms with Crippen molar-refractivity contribution in [2.75, 3.05) is 13.2 Å². The minimum absolute atomic E-state index is 0.0100. The fourth-order valence-corrected chi connectivity index (χ4v) is 8.61. The van der Waals surface area contributed by atoms with Crippen molar-refractivity contribution in [2.45, 2.75) is 233 Å². The number of aliphatic hydroxyl groups excluding tert-OH is 3. The predicted octanol–water partition coefficient (Wildman–Crippen LogP) is 0.0962. The maximum Gasteiger partial charge on any atom is 0.329 e. The number of rotatable bonds is 27. The third-order valence-electron chi connectivity index (χ3n) is 13.4. The van der Waals surface area contributed by atoms with Crippen LogP contribution in [0.3, 0.4) is 0 Å². The maximum absolute atomic E-state index is 14.7. The Morgan fingerprint density at radius 1 is 0.582 bits per heavy atom. The second-order valence-electron chi connectivity index (χ2n) is 22.4. The molecule has 0 saturated carbocycles. The molecule has 452 valence electrons. The number of carboxylic acid groups (broad SMARTS) is 1. The van der Waals surface area contributed by atoms with Crippen molar-refractivity contribution >= 4 is 65.1 Å². The van der Waals surface area contributed by atoms with Crippen molar-refractivity contribution in [1.29, 1.82) is 0 Å². The molecule has 1 saturated heterocycles. The number of esters is 1. The summed E-state index contributed by atoms with van der Waals surface area (Å²) >= 11 is 0. The van der Waals surface area contributed by atoms with Gasteiger partial charge in [-0.15, -0.1) is 0 Å². The topological polar surface area (TPSA) is 386 Å². The Morgan fingerprint density at radius 2 is 1.08 bits per heavy atom. The van der Waals surface area contributed by atoms with Crippen LogP contribution in [0.15, 0.2) is 0 Å². The van der Waals surface area contributed by atoms with Crippen molar-refractivity contribution < 1.29 is 77.9 Å². The number of hydrogen-bond acceptors (Lipinski definition) is 15. The van der Waals surface area contributed by atoms with Crippen LogP contribution < -0.4 is 47.9 Å². The van der Waals surface area contributed by atoms with Crippen molar-refractivity contribution in [3.05, 3.63) is 0 Å². The number of cyclic esters (lactones) is 1. The Morgan fingerprint density at radius 3 is 1.56 bits per heavy atom. The highest BCUT2D eigenvalue weighted by Crippen LogP contribution is 2.17. The van der Waals surface area contributed by atoms with Gasteiger partial charge >= 0.3 is 11.9 Å². The Labute approximate surface area is 465 Å². The molecule has 0 unspecified atom stereocenters. The fraction of sp³-hybridized carbons (Fsp3) is 0.796. The first kappa shape index (κ1) is 71.1. The van der Waals surface area contributed by atoms with E-state index >= 15 is 0 Å². The summed E-state index contributed by atoms with van der Waals surface area (Å²) in [5.74, 6) is -13.4. The van der Waals surface area contributed by atoms with E-state index in [0.29, 0.717) is 12.8 Å². The summed E-state index contributed by atoms with van der Waals surface area (Å²) in [7, 11) is 0. The van der Waals surface area contributed by atoms with Gasteiger partial charge in [-0.2, -0.15) is 0 Å². The third-order valence-corrected chi connectivity index (χ3v) is 13.4. The van der Waals surface area contributed by atoms with E-state index in [2.05, 4.69) is 54.8 Å². The number of unbranched alkanes of at least 4 members (excludes halogenated alkanes) is 4. The molecule has 0 aromatic carbocycles.